The summed E-state index contributed by atoms with van der Waals surface area (Å²) in [4.78, 5) is 4.20. The number of rotatable bonds is 3. The lowest BCUT2D eigenvalue weighted by Crippen LogP contribution is -2.30. The molecule has 1 aliphatic rings. The first-order chi connectivity index (χ1) is 7.81. The number of ether oxygens (including phenoxy) is 1. The Bertz CT molecular complexity index is 340. The summed E-state index contributed by atoms with van der Waals surface area (Å²) in [6.07, 6.45) is 7.02. The second kappa shape index (κ2) is 5.19. The normalized spacial score (nSPS) is 25.1. The van der Waals surface area contributed by atoms with Crippen molar-refractivity contribution in [3.63, 3.8) is 0 Å². The second-order valence-electron chi connectivity index (χ2n) is 4.57. The van der Waals surface area contributed by atoms with Crippen LogP contribution in [-0.4, -0.2) is 18.1 Å². The van der Waals surface area contributed by atoms with Crippen molar-refractivity contribution in [3.05, 3.63) is 18.3 Å². The van der Waals surface area contributed by atoms with E-state index in [1.807, 2.05) is 12.1 Å². The highest BCUT2D eigenvalue weighted by Gasteiger charge is 2.21. The Balaban J connectivity index is 2.07. The number of anilines is 1. The van der Waals surface area contributed by atoms with Crippen LogP contribution in [0.25, 0.3) is 0 Å². The van der Waals surface area contributed by atoms with E-state index in [4.69, 9.17) is 4.74 Å². The number of aromatic nitrogens is 1. The average molecular weight is 220 g/mol. The first kappa shape index (κ1) is 11.2. The molecule has 88 valence electrons. The molecule has 1 aliphatic carbocycles. The molecule has 0 aromatic carbocycles. The van der Waals surface area contributed by atoms with Crippen molar-refractivity contribution in [1.82, 2.24) is 4.98 Å². The predicted molar refractivity (Wildman–Crippen MR) is 65.8 cm³/mol. The van der Waals surface area contributed by atoms with Gasteiger partial charge in [-0.15, -0.1) is 0 Å². The molecule has 1 heterocycles. The molecule has 1 fully saturated rings. The van der Waals surface area contributed by atoms with E-state index in [9.17, 15) is 0 Å². The average Bonchev–Trinajstić information content (AvgIpc) is 2.33. The van der Waals surface area contributed by atoms with Gasteiger partial charge in [-0.3, -0.25) is 0 Å². The summed E-state index contributed by atoms with van der Waals surface area (Å²) in [6.45, 7) is 2.32. The van der Waals surface area contributed by atoms with Gasteiger partial charge in [0.2, 0.25) is 5.88 Å². The van der Waals surface area contributed by atoms with Gasteiger partial charge in [-0.05, 0) is 30.9 Å². The molecular weight excluding hydrogens is 200 g/mol. The van der Waals surface area contributed by atoms with E-state index in [2.05, 4.69) is 17.2 Å². The third-order valence-corrected chi connectivity index (χ3v) is 3.42. The molecule has 0 bridgehead atoms. The van der Waals surface area contributed by atoms with E-state index in [-0.39, 0.29) is 0 Å². The summed E-state index contributed by atoms with van der Waals surface area (Å²) in [6, 6.07) is 4.54. The minimum atomic E-state index is 0.562. The molecule has 2 atom stereocenters. The number of hydrogen-bond acceptors (Lipinski definition) is 3. The van der Waals surface area contributed by atoms with Crippen LogP contribution in [0.1, 0.15) is 32.6 Å². The second-order valence-corrected chi connectivity index (χ2v) is 4.57. The van der Waals surface area contributed by atoms with Gasteiger partial charge < -0.3 is 10.1 Å². The van der Waals surface area contributed by atoms with Crippen LogP contribution in [0.2, 0.25) is 0 Å². The monoisotopic (exact) mass is 220 g/mol. The predicted octanol–water partition coefficient (Wildman–Crippen LogP) is 3.08. The summed E-state index contributed by atoms with van der Waals surface area (Å²) in [5.74, 6) is 1.43. The SMILES string of the molecule is COc1ncccc1NC1CCCCC1C. The number of hydrogen-bond donors (Lipinski definition) is 1. The fourth-order valence-corrected chi connectivity index (χ4v) is 2.39. The van der Waals surface area contributed by atoms with Crippen molar-refractivity contribution < 1.29 is 4.74 Å². The van der Waals surface area contributed by atoms with E-state index in [1.165, 1.54) is 25.7 Å². The van der Waals surface area contributed by atoms with Crippen LogP contribution >= 0.6 is 0 Å². The topological polar surface area (TPSA) is 34.1 Å². The molecule has 2 unspecified atom stereocenters. The Labute approximate surface area is 97.2 Å². The van der Waals surface area contributed by atoms with Crippen LogP contribution in [0.15, 0.2) is 18.3 Å². The smallest absolute Gasteiger partial charge is 0.237 e. The van der Waals surface area contributed by atoms with E-state index in [1.54, 1.807) is 13.3 Å². The van der Waals surface area contributed by atoms with Crippen LogP contribution < -0.4 is 10.1 Å². The van der Waals surface area contributed by atoms with E-state index in [0.29, 0.717) is 11.9 Å². The number of nitrogens with one attached hydrogen (secondary N) is 1. The third-order valence-electron chi connectivity index (χ3n) is 3.42. The van der Waals surface area contributed by atoms with Gasteiger partial charge in [0, 0.05) is 12.2 Å². The van der Waals surface area contributed by atoms with Crippen molar-refractivity contribution in [2.45, 2.75) is 38.6 Å². The minimum Gasteiger partial charge on any atom is -0.480 e. The highest BCUT2D eigenvalue weighted by Crippen LogP contribution is 2.29. The minimum absolute atomic E-state index is 0.562. The Morgan fingerprint density at radius 1 is 1.38 bits per heavy atom. The first-order valence-electron chi connectivity index (χ1n) is 6.07. The number of methoxy groups -OCH3 is 1. The van der Waals surface area contributed by atoms with Gasteiger partial charge >= 0.3 is 0 Å². The Hall–Kier alpha value is -1.25. The summed E-state index contributed by atoms with van der Waals surface area (Å²) in [5, 5.41) is 3.56. The highest BCUT2D eigenvalue weighted by molar-refractivity contribution is 5.52. The molecule has 1 N–H and O–H groups in total. The molecule has 3 heteroatoms. The Morgan fingerprint density at radius 2 is 2.19 bits per heavy atom. The molecule has 0 saturated heterocycles. The molecule has 2 rings (SSSR count). The van der Waals surface area contributed by atoms with Crippen molar-refractivity contribution in [2.75, 3.05) is 12.4 Å². The number of nitrogens with zero attached hydrogens (tertiary/aromatic N) is 1. The number of pyridine rings is 1. The first-order valence-corrected chi connectivity index (χ1v) is 6.07. The zero-order valence-corrected chi connectivity index (χ0v) is 10.1. The molecule has 0 spiro atoms. The Morgan fingerprint density at radius 3 is 2.94 bits per heavy atom. The van der Waals surface area contributed by atoms with Gasteiger partial charge in [0.05, 0.1) is 12.8 Å². The molecule has 3 nitrogen and oxygen atoms in total. The molecule has 1 aromatic heterocycles. The highest BCUT2D eigenvalue weighted by atomic mass is 16.5. The zero-order valence-electron chi connectivity index (χ0n) is 10.1. The molecule has 16 heavy (non-hydrogen) atoms. The summed E-state index contributed by atoms with van der Waals surface area (Å²) in [7, 11) is 1.66. The van der Waals surface area contributed by atoms with Crippen LogP contribution in [0.4, 0.5) is 5.69 Å². The van der Waals surface area contributed by atoms with Crippen LogP contribution in [0.5, 0.6) is 5.88 Å². The molecule has 0 aliphatic heterocycles. The van der Waals surface area contributed by atoms with Gasteiger partial charge in [-0.1, -0.05) is 19.8 Å². The van der Waals surface area contributed by atoms with Crippen LogP contribution in [-0.2, 0) is 0 Å². The van der Waals surface area contributed by atoms with Crippen molar-refractivity contribution in [1.29, 1.82) is 0 Å². The Kier molecular flexibility index (Phi) is 3.65. The molecule has 0 radical (unpaired) electrons. The van der Waals surface area contributed by atoms with Gasteiger partial charge in [-0.25, -0.2) is 4.98 Å². The van der Waals surface area contributed by atoms with Crippen molar-refractivity contribution >= 4 is 5.69 Å². The van der Waals surface area contributed by atoms with Gasteiger partial charge in [0.1, 0.15) is 0 Å². The van der Waals surface area contributed by atoms with E-state index in [0.717, 1.165) is 11.6 Å². The molecular formula is C13H20N2O. The van der Waals surface area contributed by atoms with Crippen molar-refractivity contribution in [2.24, 2.45) is 5.92 Å². The summed E-state index contributed by atoms with van der Waals surface area (Å²) < 4.78 is 5.25. The van der Waals surface area contributed by atoms with Gasteiger partial charge in [0.15, 0.2) is 0 Å². The van der Waals surface area contributed by atoms with Crippen LogP contribution in [0.3, 0.4) is 0 Å². The lowest BCUT2D eigenvalue weighted by atomic mass is 9.86. The molecule has 0 amide bonds. The largest absolute Gasteiger partial charge is 0.480 e. The van der Waals surface area contributed by atoms with Gasteiger partial charge in [0.25, 0.3) is 0 Å². The fourth-order valence-electron chi connectivity index (χ4n) is 2.39. The fraction of sp³-hybridized carbons (Fsp3) is 0.615. The van der Waals surface area contributed by atoms with E-state index < -0.39 is 0 Å². The summed E-state index contributed by atoms with van der Waals surface area (Å²) in [5.41, 5.74) is 1.02. The lowest BCUT2D eigenvalue weighted by Gasteiger charge is -2.30. The third kappa shape index (κ3) is 2.46. The van der Waals surface area contributed by atoms with Gasteiger partial charge in [-0.2, -0.15) is 0 Å². The maximum Gasteiger partial charge on any atom is 0.237 e. The molecule has 1 aromatic rings. The van der Waals surface area contributed by atoms with Crippen molar-refractivity contribution in [3.8, 4) is 5.88 Å². The molecule has 1 saturated carbocycles. The maximum atomic E-state index is 5.25. The standard InChI is InChI=1S/C13H20N2O/c1-10-6-3-4-7-11(10)15-12-8-5-9-14-13(12)16-2/h5,8-11,15H,3-4,6-7H2,1-2H3. The van der Waals surface area contributed by atoms with E-state index >= 15 is 0 Å². The van der Waals surface area contributed by atoms with Crippen LogP contribution in [0, 0.1) is 5.92 Å². The maximum absolute atomic E-state index is 5.25. The summed E-state index contributed by atoms with van der Waals surface area (Å²) >= 11 is 0. The quantitative estimate of drug-likeness (QED) is 0.850. The lowest BCUT2D eigenvalue weighted by molar-refractivity contribution is 0.346. The zero-order chi connectivity index (χ0) is 11.4.